The van der Waals surface area contributed by atoms with Crippen LogP contribution in [0.25, 0.3) is 10.2 Å². The molecule has 1 unspecified atom stereocenters. The average Bonchev–Trinajstić information content (AvgIpc) is 2.94. The summed E-state index contributed by atoms with van der Waals surface area (Å²) >= 11 is 1.29. The molecule has 3 heterocycles. The van der Waals surface area contributed by atoms with Crippen molar-refractivity contribution in [1.82, 2.24) is 19.8 Å². The summed E-state index contributed by atoms with van der Waals surface area (Å²) in [5.41, 5.74) is 0.632. The van der Waals surface area contributed by atoms with Crippen molar-refractivity contribution in [2.45, 2.75) is 45.6 Å². The zero-order chi connectivity index (χ0) is 18.0. The quantitative estimate of drug-likeness (QED) is 0.829. The van der Waals surface area contributed by atoms with Gasteiger partial charge in [0, 0.05) is 26.2 Å². The topological polar surface area (TPSA) is 67.2 Å². The van der Waals surface area contributed by atoms with Gasteiger partial charge in [-0.25, -0.2) is 4.98 Å². The smallest absolute Gasteiger partial charge is 0.262 e. The summed E-state index contributed by atoms with van der Waals surface area (Å²) in [5, 5.41) is 3.56. The number of aromatic nitrogens is 2. The summed E-state index contributed by atoms with van der Waals surface area (Å²) in [6.07, 6.45) is 6.32. The highest BCUT2D eigenvalue weighted by molar-refractivity contribution is 7.20. The molecule has 1 saturated heterocycles. The molecule has 0 saturated carbocycles. The normalized spacial score (nSPS) is 18.6. The van der Waals surface area contributed by atoms with Gasteiger partial charge in [-0.15, -0.1) is 11.3 Å². The van der Waals surface area contributed by atoms with Crippen molar-refractivity contribution in [1.29, 1.82) is 0 Å². The number of hydrogen-bond donors (Lipinski definition) is 1. The first-order valence-electron chi connectivity index (χ1n) is 8.96. The Morgan fingerprint density at radius 1 is 1.44 bits per heavy atom. The SMILES string of the molecule is Cc1c(C(=O)NCCCN2CCCCC2C)sc2ncn(C)c(=O)c12. The first kappa shape index (κ1) is 18.1. The van der Waals surface area contributed by atoms with Crippen molar-refractivity contribution in [3.63, 3.8) is 0 Å². The Morgan fingerprint density at radius 3 is 3.00 bits per heavy atom. The van der Waals surface area contributed by atoms with E-state index in [0.29, 0.717) is 27.7 Å². The molecule has 25 heavy (non-hydrogen) atoms. The number of aryl methyl sites for hydroxylation is 2. The number of nitrogens with zero attached hydrogens (tertiary/aromatic N) is 3. The first-order chi connectivity index (χ1) is 12.0. The van der Waals surface area contributed by atoms with E-state index < -0.39 is 0 Å². The minimum Gasteiger partial charge on any atom is -0.351 e. The number of hydrogen-bond acceptors (Lipinski definition) is 5. The highest BCUT2D eigenvalue weighted by Crippen LogP contribution is 2.26. The highest BCUT2D eigenvalue weighted by atomic mass is 32.1. The summed E-state index contributed by atoms with van der Waals surface area (Å²) in [6.45, 7) is 6.95. The van der Waals surface area contributed by atoms with Crippen molar-refractivity contribution < 1.29 is 4.79 Å². The van der Waals surface area contributed by atoms with Crippen molar-refractivity contribution in [2.24, 2.45) is 7.05 Å². The zero-order valence-corrected chi connectivity index (χ0v) is 16.0. The fraction of sp³-hybridized carbons (Fsp3) is 0.611. The van der Waals surface area contributed by atoms with Crippen LogP contribution in [0.5, 0.6) is 0 Å². The number of carbonyl (C=O) groups is 1. The Bertz CT molecular complexity index is 826. The number of amides is 1. The Hall–Kier alpha value is -1.73. The Kier molecular flexibility index (Phi) is 5.54. The van der Waals surface area contributed by atoms with Gasteiger partial charge in [0.25, 0.3) is 11.5 Å². The molecule has 1 fully saturated rings. The number of rotatable bonds is 5. The monoisotopic (exact) mass is 362 g/mol. The molecule has 1 aliphatic heterocycles. The van der Waals surface area contributed by atoms with E-state index in [1.807, 2.05) is 6.92 Å². The molecule has 2 aromatic heterocycles. The van der Waals surface area contributed by atoms with Crippen LogP contribution < -0.4 is 10.9 Å². The molecule has 0 aliphatic carbocycles. The van der Waals surface area contributed by atoms with Crippen molar-refractivity contribution in [3.05, 3.63) is 27.1 Å². The maximum absolute atomic E-state index is 12.5. The lowest BCUT2D eigenvalue weighted by atomic mass is 10.0. The van der Waals surface area contributed by atoms with E-state index in [1.54, 1.807) is 7.05 Å². The molecule has 1 aliphatic rings. The van der Waals surface area contributed by atoms with E-state index in [4.69, 9.17) is 0 Å². The van der Waals surface area contributed by atoms with E-state index in [-0.39, 0.29) is 11.5 Å². The van der Waals surface area contributed by atoms with Crippen LogP contribution in [0.2, 0.25) is 0 Å². The summed E-state index contributed by atoms with van der Waals surface area (Å²) in [7, 11) is 1.67. The third-order valence-electron chi connectivity index (χ3n) is 5.07. The third-order valence-corrected chi connectivity index (χ3v) is 6.26. The second-order valence-corrected chi connectivity index (χ2v) is 7.89. The predicted molar refractivity (Wildman–Crippen MR) is 101 cm³/mol. The number of thiophene rings is 1. The van der Waals surface area contributed by atoms with Crippen LogP contribution in [-0.2, 0) is 7.05 Å². The number of piperidine rings is 1. The molecule has 3 rings (SSSR count). The van der Waals surface area contributed by atoms with Crippen molar-refractivity contribution in [2.75, 3.05) is 19.6 Å². The van der Waals surface area contributed by atoms with Crippen LogP contribution >= 0.6 is 11.3 Å². The lowest BCUT2D eigenvalue weighted by Crippen LogP contribution is -2.39. The highest BCUT2D eigenvalue weighted by Gasteiger charge is 2.20. The molecule has 2 aromatic rings. The number of likely N-dealkylation sites (tertiary alicyclic amines) is 1. The fourth-order valence-electron chi connectivity index (χ4n) is 3.48. The molecular formula is C18H26N4O2S. The number of fused-ring (bicyclic) bond motifs is 1. The fourth-order valence-corrected chi connectivity index (χ4v) is 4.54. The van der Waals surface area contributed by atoms with Gasteiger partial charge in [-0.1, -0.05) is 6.42 Å². The van der Waals surface area contributed by atoms with Gasteiger partial charge < -0.3 is 14.8 Å². The summed E-state index contributed by atoms with van der Waals surface area (Å²) in [5.74, 6) is -0.103. The minimum atomic E-state index is -0.103. The van der Waals surface area contributed by atoms with Gasteiger partial charge in [0.05, 0.1) is 16.6 Å². The third kappa shape index (κ3) is 3.77. The maximum Gasteiger partial charge on any atom is 0.262 e. The standard InChI is InChI=1S/C18H26N4O2S/c1-12-7-4-5-9-22(12)10-6-8-19-16(23)15-13(2)14-17(25-15)20-11-21(3)18(14)24/h11-12H,4-10H2,1-3H3,(H,19,23). The van der Waals surface area contributed by atoms with E-state index in [1.165, 1.54) is 48.0 Å². The molecule has 0 spiro atoms. The van der Waals surface area contributed by atoms with E-state index in [9.17, 15) is 9.59 Å². The van der Waals surface area contributed by atoms with E-state index >= 15 is 0 Å². The molecule has 1 amide bonds. The van der Waals surface area contributed by atoms with Crippen molar-refractivity contribution >= 4 is 27.5 Å². The Morgan fingerprint density at radius 2 is 2.24 bits per heavy atom. The lowest BCUT2D eigenvalue weighted by Gasteiger charge is -2.33. The van der Waals surface area contributed by atoms with Crippen LogP contribution in [0, 0.1) is 6.92 Å². The van der Waals surface area contributed by atoms with Crippen LogP contribution in [0.3, 0.4) is 0 Å². The van der Waals surface area contributed by atoms with Gasteiger partial charge >= 0.3 is 0 Å². The Labute approximate surface area is 151 Å². The second kappa shape index (κ2) is 7.66. The van der Waals surface area contributed by atoms with Crippen molar-refractivity contribution in [3.8, 4) is 0 Å². The number of carbonyl (C=O) groups excluding carboxylic acids is 1. The van der Waals surface area contributed by atoms with Gasteiger partial charge in [-0.05, 0) is 45.2 Å². The predicted octanol–water partition coefficient (Wildman–Crippen LogP) is 2.30. The largest absolute Gasteiger partial charge is 0.351 e. The molecule has 0 aromatic carbocycles. The molecule has 1 atom stereocenters. The van der Waals surface area contributed by atoms with E-state index in [2.05, 4.69) is 22.1 Å². The summed E-state index contributed by atoms with van der Waals surface area (Å²) in [6, 6.07) is 0.650. The number of nitrogens with one attached hydrogen (secondary N) is 1. The molecule has 136 valence electrons. The molecule has 0 bridgehead atoms. The van der Waals surface area contributed by atoms with Crippen LogP contribution in [-0.4, -0.2) is 46.0 Å². The van der Waals surface area contributed by atoms with E-state index in [0.717, 1.165) is 18.5 Å². The maximum atomic E-state index is 12.5. The lowest BCUT2D eigenvalue weighted by molar-refractivity contribution is 0.0952. The minimum absolute atomic E-state index is 0.100. The molecule has 7 heteroatoms. The van der Waals surface area contributed by atoms with Gasteiger partial charge in [0.15, 0.2) is 0 Å². The second-order valence-electron chi connectivity index (χ2n) is 6.89. The first-order valence-corrected chi connectivity index (χ1v) is 9.77. The van der Waals surface area contributed by atoms with Crippen LogP contribution in [0.1, 0.15) is 47.8 Å². The van der Waals surface area contributed by atoms with Gasteiger partial charge in [0.1, 0.15) is 4.83 Å². The zero-order valence-electron chi connectivity index (χ0n) is 15.2. The molecule has 1 N–H and O–H groups in total. The molecular weight excluding hydrogens is 336 g/mol. The summed E-state index contributed by atoms with van der Waals surface area (Å²) in [4.78, 5) is 32.7. The summed E-state index contributed by atoms with van der Waals surface area (Å²) < 4.78 is 1.45. The van der Waals surface area contributed by atoms with Gasteiger partial charge in [0.2, 0.25) is 0 Å². The molecule has 0 radical (unpaired) electrons. The Balaban J connectivity index is 1.60. The van der Waals surface area contributed by atoms with Crippen LogP contribution in [0.15, 0.2) is 11.1 Å². The average molecular weight is 362 g/mol. The van der Waals surface area contributed by atoms with Gasteiger partial charge in [-0.2, -0.15) is 0 Å². The molecule has 6 nitrogen and oxygen atoms in total. The van der Waals surface area contributed by atoms with Crippen LogP contribution in [0.4, 0.5) is 0 Å². The van der Waals surface area contributed by atoms with Gasteiger partial charge in [-0.3, -0.25) is 9.59 Å².